The molecule has 0 atom stereocenters. The second-order valence-corrected chi connectivity index (χ2v) is 5.76. The molecular weight excluding hydrogens is 280 g/mol. The lowest BCUT2D eigenvalue weighted by molar-refractivity contribution is -0.120. The molecule has 0 saturated carbocycles. The first-order valence-corrected chi connectivity index (χ1v) is 7.35. The molecule has 0 unspecified atom stereocenters. The number of aromatic nitrogens is 2. The fraction of sp³-hybridized carbons (Fsp3) is 0.167. The number of aromatic amines is 1. The molecular formula is C12H14N4O3S. The van der Waals surface area contributed by atoms with Crippen molar-refractivity contribution >= 4 is 15.9 Å². The Hall–Kier alpha value is -2.19. The van der Waals surface area contributed by atoms with Gasteiger partial charge in [-0.15, -0.1) is 0 Å². The Bertz CT molecular complexity index is 653. The van der Waals surface area contributed by atoms with Crippen molar-refractivity contribution < 1.29 is 13.2 Å². The number of imidazole rings is 1. The molecule has 106 valence electrons. The number of sulfonamides is 1. The van der Waals surface area contributed by atoms with Crippen molar-refractivity contribution in [3.63, 3.8) is 0 Å². The second-order valence-electron chi connectivity index (χ2n) is 3.99. The number of hydrogen-bond acceptors (Lipinski definition) is 4. The zero-order valence-electron chi connectivity index (χ0n) is 10.5. The third-order valence-electron chi connectivity index (χ3n) is 2.51. The number of H-pyrrole nitrogens is 1. The average molecular weight is 294 g/mol. The van der Waals surface area contributed by atoms with Crippen molar-refractivity contribution in [1.29, 1.82) is 0 Å². The summed E-state index contributed by atoms with van der Waals surface area (Å²) in [5.41, 5.74) is 0.740. The highest BCUT2D eigenvalue weighted by molar-refractivity contribution is 7.89. The van der Waals surface area contributed by atoms with E-state index in [0.29, 0.717) is 0 Å². The quantitative estimate of drug-likeness (QED) is 0.697. The van der Waals surface area contributed by atoms with Gasteiger partial charge in [-0.05, 0) is 12.1 Å². The van der Waals surface area contributed by atoms with Gasteiger partial charge in [0.15, 0.2) is 0 Å². The highest BCUT2D eigenvalue weighted by Gasteiger charge is 2.14. The summed E-state index contributed by atoms with van der Waals surface area (Å²) in [7, 11) is -3.66. The topological polar surface area (TPSA) is 104 Å². The number of hydrogen-bond donors (Lipinski definition) is 3. The minimum Gasteiger partial charge on any atom is -0.349 e. The lowest BCUT2D eigenvalue weighted by atomic mass is 10.4. The average Bonchev–Trinajstić information content (AvgIpc) is 2.97. The van der Waals surface area contributed by atoms with Crippen molar-refractivity contribution in [2.45, 2.75) is 11.4 Å². The molecule has 0 radical (unpaired) electrons. The van der Waals surface area contributed by atoms with Crippen molar-refractivity contribution in [2.75, 3.05) is 6.54 Å². The highest BCUT2D eigenvalue weighted by Crippen LogP contribution is 2.06. The molecule has 7 nitrogen and oxygen atoms in total. The van der Waals surface area contributed by atoms with E-state index in [-0.39, 0.29) is 18.0 Å². The SMILES string of the molecule is O=C(CNS(=O)(=O)c1ccccc1)NCc1cnc[nH]1. The van der Waals surface area contributed by atoms with Crippen LogP contribution in [0.25, 0.3) is 0 Å². The predicted octanol–water partition coefficient (Wildman–Crippen LogP) is 0.00440. The molecule has 0 aliphatic carbocycles. The Kier molecular flexibility index (Phi) is 4.49. The molecule has 1 aromatic carbocycles. The van der Waals surface area contributed by atoms with Crippen LogP contribution in [0.3, 0.4) is 0 Å². The maximum Gasteiger partial charge on any atom is 0.241 e. The van der Waals surface area contributed by atoms with Gasteiger partial charge in [0, 0.05) is 6.20 Å². The third-order valence-corrected chi connectivity index (χ3v) is 3.92. The molecule has 1 amide bonds. The van der Waals surface area contributed by atoms with Gasteiger partial charge in [0.2, 0.25) is 15.9 Å². The van der Waals surface area contributed by atoms with Gasteiger partial charge in [0.25, 0.3) is 0 Å². The first-order valence-electron chi connectivity index (χ1n) is 5.86. The summed E-state index contributed by atoms with van der Waals surface area (Å²) in [6.07, 6.45) is 3.08. The van der Waals surface area contributed by atoms with Crippen LogP contribution in [-0.4, -0.2) is 30.8 Å². The van der Waals surface area contributed by atoms with Crippen LogP contribution in [0.4, 0.5) is 0 Å². The van der Waals surface area contributed by atoms with Crippen LogP contribution in [0.1, 0.15) is 5.69 Å². The third kappa shape index (κ3) is 3.90. The molecule has 0 saturated heterocycles. The molecule has 3 N–H and O–H groups in total. The Morgan fingerprint density at radius 1 is 1.25 bits per heavy atom. The van der Waals surface area contributed by atoms with Crippen molar-refractivity contribution in [3.05, 3.63) is 48.5 Å². The van der Waals surface area contributed by atoms with Gasteiger partial charge in [-0.2, -0.15) is 0 Å². The summed E-state index contributed by atoms with van der Waals surface area (Å²) in [4.78, 5) is 18.3. The van der Waals surface area contributed by atoms with Crippen molar-refractivity contribution in [2.24, 2.45) is 0 Å². The van der Waals surface area contributed by atoms with Gasteiger partial charge >= 0.3 is 0 Å². The second kappa shape index (κ2) is 6.31. The molecule has 0 fully saturated rings. The zero-order chi connectivity index (χ0) is 14.4. The highest BCUT2D eigenvalue weighted by atomic mass is 32.2. The summed E-state index contributed by atoms with van der Waals surface area (Å²) in [6, 6.07) is 7.88. The summed E-state index contributed by atoms with van der Waals surface area (Å²) >= 11 is 0. The zero-order valence-corrected chi connectivity index (χ0v) is 11.4. The predicted molar refractivity (Wildman–Crippen MR) is 72.1 cm³/mol. The molecule has 2 aromatic rings. The number of rotatable bonds is 6. The smallest absolute Gasteiger partial charge is 0.241 e. The summed E-state index contributed by atoms with van der Waals surface area (Å²) in [6.45, 7) is -0.0444. The molecule has 0 spiro atoms. The van der Waals surface area contributed by atoms with Crippen LogP contribution in [-0.2, 0) is 21.4 Å². The van der Waals surface area contributed by atoms with Crippen LogP contribution < -0.4 is 10.0 Å². The minimum absolute atomic E-state index is 0.126. The van der Waals surface area contributed by atoms with Crippen molar-refractivity contribution in [3.8, 4) is 0 Å². The summed E-state index contributed by atoms with van der Waals surface area (Å²) < 4.78 is 26.0. The standard InChI is InChI=1S/C12H14N4O3S/c17-12(14-7-10-6-13-9-15-10)8-16-20(18,19)11-4-2-1-3-5-11/h1-6,9,16H,7-8H2,(H,13,15)(H,14,17). The normalized spacial score (nSPS) is 11.2. The van der Waals surface area contributed by atoms with E-state index in [2.05, 4.69) is 20.0 Å². The van der Waals surface area contributed by atoms with Gasteiger partial charge in [0.1, 0.15) is 0 Å². The van der Waals surface area contributed by atoms with E-state index < -0.39 is 15.9 Å². The van der Waals surface area contributed by atoms with E-state index in [4.69, 9.17) is 0 Å². The molecule has 20 heavy (non-hydrogen) atoms. The molecule has 8 heteroatoms. The monoisotopic (exact) mass is 294 g/mol. The molecule has 1 aromatic heterocycles. The van der Waals surface area contributed by atoms with Crippen LogP contribution in [0.2, 0.25) is 0 Å². The molecule has 0 bridgehead atoms. The van der Waals surface area contributed by atoms with Gasteiger partial charge in [-0.1, -0.05) is 18.2 Å². The van der Waals surface area contributed by atoms with E-state index in [0.717, 1.165) is 5.69 Å². The van der Waals surface area contributed by atoms with E-state index >= 15 is 0 Å². The number of carbonyl (C=O) groups is 1. The Balaban J connectivity index is 1.84. The molecule has 0 aliphatic rings. The van der Waals surface area contributed by atoms with Gasteiger partial charge in [-0.25, -0.2) is 18.1 Å². The van der Waals surface area contributed by atoms with Gasteiger partial charge < -0.3 is 10.3 Å². The van der Waals surface area contributed by atoms with E-state index in [1.165, 1.54) is 18.5 Å². The van der Waals surface area contributed by atoms with Gasteiger partial charge in [0.05, 0.1) is 30.0 Å². The first kappa shape index (κ1) is 14.2. The van der Waals surface area contributed by atoms with Gasteiger partial charge in [-0.3, -0.25) is 4.79 Å². The summed E-state index contributed by atoms with van der Waals surface area (Å²) in [5.74, 6) is -0.417. The lowest BCUT2D eigenvalue weighted by Crippen LogP contribution is -2.36. The maximum absolute atomic E-state index is 11.9. The van der Waals surface area contributed by atoms with Crippen molar-refractivity contribution in [1.82, 2.24) is 20.0 Å². The Labute approximate surface area is 116 Å². The maximum atomic E-state index is 11.9. The fourth-order valence-electron chi connectivity index (χ4n) is 1.48. The Morgan fingerprint density at radius 2 is 2.00 bits per heavy atom. The Morgan fingerprint density at radius 3 is 2.65 bits per heavy atom. The van der Waals surface area contributed by atoms with E-state index in [9.17, 15) is 13.2 Å². The molecule has 1 heterocycles. The summed E-state index contributed by atoms with van der Waals surface area (Å²) in [5, 5.41) is 2.57. The molecule has 0 aliphatic heterocycles. The first-order chi connectivity index (χ1) is 9.58. The van der Waals surface area contributed by atoms with Crippen LogP contribution in [0.15, 0.2) is 47.8 Å². The number of carbonyl (C=O) groups excluding carboxylic acids is 1. The van der Waals surface area contributed by atoms with E-state index in [1.54, 1.807) is 24.4 Å². The number of nitrogens with one attached hydrogen (secondary N) is 3. The largest absolute Gasteiger partial charge is 0.349 e. The van der Waals surface area contributed by atoms with Crippen LogP contribution in [0, 0.1) is 0 Å². The number of nitrogens with zero attached hydrogens (tertiary/aromatic N) is 1. The van der Waals surface area contributed by atoms with Crippen LogP contribution >= 0.6 is 0 Å². The molecule has 2 rings (SSSR count). The number of benzene rings is 1. The lowest BCUT2D eigenvalue weighted by Gasteiger charge is -2.07. The van der Waals surface area contributed by atoms with E-state index in [1.807, 2.05) is 0 Å². The fourth-order valence-corrected chi connectivity index (χ4v) is 2.48. The van der Waals surface area contributed by atoms with Crippen LogP contribution in [0.5, 0.6) is 0 Å². The number of amides is 1. The minimum atomic E-state index is -3.66.